The van der Waals surface area contributed by atoms with Crippen molar-refractivity contribution in [2.45, 2.75) is 63.2 Å². The quantitative estimate of drug-likeness (QED) is 0.749. The predicted octanol–water partition coefficient (Wildman–Crippen LogP) is 4.44. The van der Waals surface area contributed by atoms with Crippen LogP contribution in [0, 0.1) is 17.1 Å². The van der Waals surface area contributed by atoms with Crippen LogP contribution in [0.1, 0.15) is 49.7 Å². The monoisotopic (exact) mass is 448 g/mol. The van der Waals surface area contributed by atoms with E-state index in [-0.39, 0.29) is 11.6 Å². The van der Waals surface area contributed by atoms with Crippen molar-refractivity contribution in [3.63, 3.8) is 0 Å². The molecule has 5 nitrogen and oxygen atoms in total. The Labute approximate surface area is 195 Å². The van der Waals surface area contributed by atoms with Crippen LogP contribution in [-0.4, -0.2) is 49.3 Å². The van der Waals surface area contributed by atoms with Crippen LogP contribution >= 0.6 is 0 Å². The van der Waals surface area contributed by atoms with Crippen LogP contribution in [0.15, 0.2) is 36.4 Å². The minimum atomic E-state index is -0.470. The first-order valence-corrected chi connectivity index (χ1v) is 12.3. The molecule has 0 spiro atoms. The van der Waals surface area contributed by atoms with E-state index in [2.05, 4.69) is 28.0 Å². The molecule has 3 heterocycles. The van der Waals surface area contributed by atoms with Crippen LogP contribution in [0.2, 0.25) is 0 Å². The van der Waals surface area contributed by atoms with Crippen LogP contribution < -0.4 is 10.6 Å². The topological polar surface area (TPSA) is 65.5 Å². The summed E-state index contributed by atoms with van der Waals surface area (Å²) in [7, 11) is 0. The van der Waals surface area contributed by atoms with Gasteiger partial charge in [-0.25, -0.2) is 4.39 Å². The number of nitrogens with zero attached hydrogens (tertiary/aromatic N) is 3. The Morgan fingerprint density at radius 1 is 1.06 bits per heavy atom. The van der Waals surface area contributed by atoms with Crippen LogP contribution in [0.3, 0.4) is 0 Å². The Kier molecular flexibility index (Phi) is 6.64. The van der Waals surface area contributed by atoms with Gasteiger partial charge in [0.1, 0.15) is 11.9 Å². The van der Waals surface area contributed by atoms with E-state index in [1.54, 1.807) is 6.07 Å². The maximum absolute atomic E-state index is 14.6. The number of rotatable bonds is 4. The lowest BCUT2D eigenvalue weighted by molar-refractivity contribution is 0.139. The standard InChI is InChI=1S/C27H33FN4O/c28-24-15-20(5-6-21(24)17-29)23-14-19(18-32-22-7-9-27(32)25(30)16-22)4-8-26(23)31-10-2-1-3-12-33-13-11-31/h4-6,8,14-15,22,25,27H,1-3,7,9-13,16,18,30H2/t22-,25+,27+/m1/s1. The van der Waals surface area contributed by atoms with Crippen LogP contribution in [0.25, 0.3) is 11.1 Å². The van der Waals surface area contributed by atoms with Gasteiger partial charge in [0.15, 0.2) is 0 Å². The molecule has 2 aromatic rings. The van der Waals surface area contributed by atoms with E-state index in [4.69, 9.17) is 10.5 Å². The molecule has 0 amide bonds. The zero-order valence-electron chi connectivity index (χ0n) is 19.2. The second-order valence-electron chi connectivity index (χ2n) is 9.69. The first kappa shape index (κ1) is 22.3. The molecule has 3 aliphatic rings. The van der Waals surface area contributed by atoms with Gasteiger partial charge in [0.25, 0.3) is 0 Å². The van der Waals surface area contributed by atoms with Gasteiger partial charge in [0.2, 0.25) is 0 Å². The summed E-state index contributed by atoms with van der Waals surface area (Å²) in [6.45, 7) is 4.16. The number of benzene rings is 2. The van der Waals surface area contributed by atoms with E-state index in [0.717, 1.165) is 68.7 Å². The van der Waals surface area contributed by atoms with Crippen LogP contribution in [0.4, 0.5) is 10.1 Å². The van der Waals surface area contributed by atoms with Gasteiger partial charge in [-0.1, -0.05) is 12.1 Å². The normalized spacial score (nSPS) is 26.0. The summed E-state index contributed by atoms with van der Waals surface area (Å²) in [5, 5.41) is 9.18. The van der Waals surface area contributed by atoms with Gasteiger partial charge >= 0.3 is 0 Å². The summed E-state index contributed by atoms with van der Waals surface area (Å²) in [4.78, 5) is 4.94. The highest BCUT2D eigenvalue weighted by molar-refractivity contribution is 5.79. The van der Waals surface area contributed by atoms with Gasteiger partial charge in [-0.05, 0) is 73.9 Å². The molecule has 2 aromatic carbocycles. The van der Waals surface area contributed by atoms with Crippen molar-refractivity contribution in [2.75, 3.05) is 31.2 Å². The zero-order valence-corrected chi connectivity index (χ0v) is 19.2. The van der Waals surface area contributed by atoms with E-state index in [9.17, 15) is 9.65 Å². The molecular weight excluding hydrogens is 415 g/mol. The molecule has 3 saturated heterocycles. The second kappa shape index (κ2) is 9.80. The van der Waals surface area contributed by atoms with Crippen molar-refractivity contribution < 1.29 is 9.13 Å². The van der Waals surface area contributed by atoms with E-state index in [1.807, 2.05) is 12.1 Å². The second-order valence-corrected chi connectivity index (χ2v) is 9.69. The Bertz CT molecular complexity index is 1030. The Hall–Kier alpha value is -2.46. The van der Waals surface area contributed by atoms with Crippen molar-refractivity contribution in [1.29, 1.82) is 5.26 Å². The average molecular weight is 449 g/mol. The summed E-state index contributed by atoms with van der Waals surface area (Å²) < 4.78 is 20.4. The van der Waals surface area contributed by atoms with Crippen molar-refractivity contribution in [3.05, 3.63) is 53.3 Å². The average Bonchev–Trinajstić information content (AvgIpc) is 3.38. The van der Waals surface area contributed by atoms with Crippen molar-refractivity contribution in [2.24, 2.45) is 5.73 Å². The van der Waals surface area contributed by atoms with Gasteiger partial charge in [-0.15, -0.1) is 0 Å². The van der Waals surface area contributed by atoms with E-state index >= 15 is 0 Å². The third-order valence-electron chi connectivity index (χ3n) is 7.62. The summed E-state index contributed by atoms with van der Waals surface area (Å²) >= 11 is 0. The number of hydrogen-bond donors (Lipinski definition) is 1. The van der Waals surface area contributed by atoms with E-state index in [1.165, 1.54) is 24.5 Å². The molecule has 5 rings (SSSR count). The smallest absolute Gasteiger partial charge is 0.141 e. The van der Waals surface area contributed by atoms with Crippen molar-refractivity contribution in [1.82, 2.24) is 4.90 Å². The summed E-state index contributed by atoms with van der Waals surface area (Å²) in [6, 6.07) is 14.8. The molecule has 0 radical (unpaired) electrons. The van der Waals surface area contributed by atoms with Gasteiger partial charge in [0, 0.05) is 55.6 Å². The third kappa shape index (κ3) is 4.63. The molecule has 33 heavy (non-hydrogen) atoms. The number of fused-ring (bicyclic) bond motifs is 2. The molecule has 174 valence electrons. The molecule has 3 atom stereocenters. The molecule has 0 aromatic heterocycles. The Morgan fingerprint density at radius 3 is 2.73 bits per heavy atom. The van der Waals surface area contributed by atoms with Gasteiger partial charge in [-0.3, -0.25) is 4.90 Å². The molecule has 0 saturated carbocycles. The summed E-state index contributed by atoms with van der Waals surface area (Å²) in [6.07, 6.45) is 6.86. The summed E-state index contributed by atoms with van der Waals surface area (Å²) in [5.74, 6) is -0.470. The van der Waals surface area contributed by atoms with Crippen molar-refractivity contribution in [3.8, 4) is 17.2 Å². The molecule has 3 aliphatic heterocycles. The molecular formula is C27H33FN4O. The number of nitrogens with two attached hydrogens (primary N) is 1. The lowest BCUT2D eigenvalue weighted by Crippen LogP contribution is -2.36. The lowest BCUT2D eigenvalue weighted by atomic mass is 9.96. The molecule has 2 N–H and O–H groups in total. The van der Waals surface area contributed by atoms with Gasteiger partial charge in [-0.2, -0.15) is 5.26 Å². The fourth-order valence-electron chi connectivity index (χ4n) is 5.88. The van der Waals surface area contributed by atoms with Crippen molar-refractivity contribution >= 4 is 5.69 Å². The Morgan fingerprint density at radius 2 is 1.97 bits per heavy atom. The van der Waals surface area contributed by atoms with Crippen LogP contribution in [0.5, 0.6) is 0 Å². The minimum absolute atomic E-state index is 0.0789. The Balaban J connectivity index is 1.50. The number of nitriles is 1. The van der Waals surface area contributed by atoms with E-state index in [0.29, 0.717) is 18.7 Å². The molecule has 0 unspecified atom stereocenters. The number of anilines is 1. The third-order valence-corrected chi connectivity index (χ3v) is 7.62. The number of halogens is 1. The number of ether oxygens (including phenoxy) is 1. The highest BCUT2D eigenvalue weighted by Crippen LogP contribution is 2.39. The predicted molar refractivity (Wildman–Crippen MR) is 128 cm³/mol. The van der Waals surface area contributed by atoms with Crippen LogP contribution in [-0.2, 0) is 11.3 Å². The molecule has 0 aliphatic carbocycles. The fourth-order valence-corrected chi connectivity index (χ4v) is 5.88. The van der Waals surface area contributed by atoms with E-state index < -0.39 is 5.82 Å². The number of hydrogen-bond acceptors (Lipinski definition) is 5. The summed E-state index contributed by atoms with van der Waals surface area (Å²) in [5.41, 5.74) is 10.6. The first-order valence-electron chi connectivity index (χ1n) is 12.3. The molecule has 2 bridgehead atoms. The molecule has 6 heteroatoms. The molecule has 3 fully saturated rings. The highest BCUT2D eigenvalue weighted by Gasteiger charge is 2.44. The highest BCUT2D eigenvalue weighted by atomic mass is 19.1. The fraction of sp³-hybridized carbons (Fsp3) is 0.519. The maximum atomic E-state index is 14.6. The largest absolute Gasteiger partial charge is 0.380 e. The minimum Gasteiger partial charge on any atom is -0.380 e. The van der Waals surface area contributed by atoms with Gasteiger partial charge in [0.05, 0.1) is 12.2 Å². The first-order chi connectivity index (χ1) is 16.1. The zero-order chi connectivity index (χ0) is 22.8. The maximum Gasteiger partial charge on any atom is 0.141 e. The lowest BCUT2D eigenvalue weighted by Gasteiger charge is -2.28. The SMILES string of the molecule is N#Cc1ccc(-c2cc(CN3[C@@H]4CC[C@H]3[C@@H](N)C4)ccc2N2CCCCCOCC2)cc1F. The van der Waals surface area contributed by atoms with Gasteiger partial charge < -0.3 is 15.4 Å².